The first-order valence-corrected chi connectivity index (χ1v) is 11.8. The zero-order chi connectivity index (χ0) is 22.9. The molecule has 0 saturated carbocycles. The Morgan fingerprint density at radius 3 is 2.76 bits per heavy atom. The van der Waals surface area contributed by atoms with E-state index in [2.05, 4.69) is 40.4 Å². The molecule has 1 amide bonds. The van der Waals surface area contributed by atoms with Crippen LogP contribution in [0.2, 0.25) is 0 Å². The number of anilines is 2. The Morgan fingerprint density at radius 1 is 1.12 bits per heavy atom. The third-order valence-corrected chi connectivity index (χ3v) is 7.49. The van der Waals surface area contributed by atoms with Crippen LogP contribution in [-0.2, 0) is 18.5 Å². The molecule has 0 unspecified atom stereocenters. The zero-order valence-electron chi connectivity index (χ0n) is 19.7. The van der Waals surface area contributed by atoms with E-state index in [0.29, 0.717) is 18.4 Å². The molecule has 3 aromatic rings. The minimum absolute atomic E-state index is 0.0138. The van der Waals surface area contributed by atoms with Crippen LogP contribution in [0.4, 0.5) is 11.6 Å². The number of hydrogen-bond acceptors (Lipinski definition) is 6. The van der Waals surface area contributed by atoms with Crippen LogP contribution >= 0.6 is 0 Å². The molecule has 8 nitrogen and oxygen atoms in total. The lowest BCUT2D eigenvalue weighted by Gasteiger charge is -2.23. The maximum atomic E-state index is 13.5. The predicted octanol–water partition coefficient (Wildman–Crippen LogP) is 3.87. The average Bonchev–Trinajstić information content (AvgIpc) is 3.54. The van der Waals surface area contributed by atoms with Gasteiger partial charge in [0.2, 0.25) is 0 Å². The van der Waals surface area contributed by atoms with Crippen LogP contribution in [0.15, 0.2) is 24.3 Å². The molecule has 1 atom stereocenters. The van der Waals surface area contributed by atoms with Gasteiger partial charge in [-0.15, -0.1) is 10.2 Å². The highest BCUT2D eigenvalue weighted by Gasteiger charge is 2.36. The van der Waals surface area contributed by atoms with Crippen LogP contribution < -0.4 is 9.80 Å². The third kappa shape index (κ3) is 3.07. The maximum Gasteiger partial charge on any atom is 0.260 e. The number of nitrogens with zero attached hydrogens (tertiary/aromatic N) is 7. The summed E-state index contributed by atoms with van der Waals surface area (Å²) in [5, 5.41) is 8.83. The van der Waals surface area contributed by atoms with Crippen molar-refractivity contribution in [1.29, 1.82) is 0 Å². The molecule has 0 aliphatic carbocycles. The summed E-state index contributed by atoms with van der Waals surface area (Å²) in [4.78, 5) is 27.3. The SMILES string of the molecule is Cc1nc(N2CCC[C@H]2C)cc2c1CN(c1cccc(-c3nnc4n3C(C)(C)CC4)n1)C2=O. The second-order valence-corrected chi connectivity index (χ2v) is 10.1. The summed E-state index contributed by atoms with van der Waals surface area (Å²) in [6.45, 7) is 10.1. The molecule has 0 radical (unpaired) electrons. The van der Waals surface area contributed by atoms with Gasteiger partial charge in [0.1, 0.15) is 23.2 Å². The van der Waals surface area contributed by atoms with Gasteiger partial charge in [-0.1, -0.05) is 6.07 Å². The number of aromatic nitrogens is 5. The first kappa shape index (κ1) is 20.3. The number of pyridine rings is 2. The topological polar surface area (TPSA) is 80.0 Å². The zero-order valence-corrected chi connectivity index (χ0v) is 19.7. The van der Waals surface area contributed by atoms with E-state index >= 15 is 0 Å². The Kier molecular flexibility index (Phi) is 4.38. The van der Waals surface area contributed by atoms with Crippen molar-refractivity contribution >= 4 is 17.5 Å². The van der Waals surface area contributed by atoms with Gasteiger partial charge in [-0.2, -0.15) is 0 Å². The van der Waals surface area contributed by atoms with Crippen LogP contribution in [0.5, 0.6) is 0 Å². The molecule has 33 heavy (non-hydrogen) atoms. The van der Waals surface area contributed by atoms with Crippen molar-refractivity contribution in [3.8, 4) is 11.5 Å². The molecule has 0 aromatic carbocycles. The fraction of sp³-hybridized carbons (Fsp3) is 0.480. The first-order valence-electron chi connectivity index (χ1n) is 11.8. The normalized spacial score (nSPS) is 21.1. The molecule has 6 heterocycles. The van der Waals surface area contributed by atoms with E-state index < -0.39 is 0 Å². The second-order valence-electron chi connectivity index (χ2n) is 10.1. The Balaban J connectivity index is 1.35. The smallest absolute Gasteiger partial charge is 0.260 e. The molecule has 6 rings (SSSR count). The predicted molar refractivity (Wildman–Crippen MR) is 126 cm³/mol. The standard InChI is InChI=1S/C25H29N7O/c1-15-7-6-12-30(15)22-13-17-18(16(2)26-22)14-31(24(17)33)20-9-5-8-19(27-20)23-29-28-21-10-11-25(3,4)32(21)23/h5,8-9,13,15H,6-7,10-12,14H2,1-4H3/t15-/m1/s1. The van der Waals surface area contributed by atoms with E-state index in [4.69, 9.17) is 9.97 Å². The van der Waals surface area contributed by atoms with Crippen molar-refractivity contribution in [3.63, 3.8) is 0 Å². The number of carbonyl (C=O) groups is 1. The molecule has 3 aromatic heterocycles. The lowest BCUT2D eigenvalue weighted by Crippen LogP contribution is -2.28. The summed E-state index contributed by atoms with van der Waals surface area (Å²) in [6.07, 6.45) is 4.29. The Hall–Kier alpha value is -3.29. The summed E-state index contributed by atoms with van der Waals surface area (Å²) >= 11 is 0. The Labute approximate surface area is 193 Å². The van der Waals surface area contributed by atoms with E-state index in [1.807, 2.05) is 31.2 Å². The van der Waals surface area contributed by atoms with E-state index in [9.17, 15) is 4.79 Å². The van der Waals surface area contributed by atoms with Gasteiger partial charge in [0.25, 0.3) is 5.91 Å². The van der Waals surface area contributed by atoms with Gasteiger partial charge in [0.05, 0.1) is 12.1 Å². The van der Waals surface area contributed by atoms with Crippen molar-refractivity contribution in [2.75, 3.05) is 16.3 Å². The van der Waals surface area contributed by atoms with Crippen LogP contribution in [-0.4, -0.2) is 43.2 Å². The summed E-state index contributed by atoms with van der Waals surface area (Å²) in [6, 6.07) is 8.22. The number of rotatable bonds is 3. The quantitative estimate of drug-likeness (QED) is 0.611. The molecule has 1 saturated heterocycles. The molecule has 3 aliphatic heterocycles. The molecule has 0 bridgehead atoms. The van der Waals surface area contributed by atoms with Crippen LogP contribution in [0.1, 0.15) is 67.5 Å². The van der Waals surface area contributed by atoms with Crippen molar-refractivity contribution in [2.45, 2.75) is 71.5 Å². The van der Waals surface area contributed by atoms with Gasteiger partial charge in [0.15, 0.2) is 5.82 Å². The van der Waals surface area contributed by atoms with Gasteiger partial charge in [0, 0.05) is 35.8 Å². The van der Waals surface area contributed by atoms with Crippen molar-refractivity contribution in [1.82, 2.24) is 24.7 Å². The van der Waals surface area contributed by atoms with Gasteiger partial charge < -0.3 is 9.47 Å². The number of amides is 1. The lowest BCUT2D eigenvalue weighted by atomic mass is 10.0. The average molecular weight is 444 g/mol. The van der Waals surface area contributed by atoms with Crippen LogP contribution in [0.3, 0.4) is 0 Å². The fourth-order valence-electron chi connectivity index (χ4n) is 5.56. The van der Waals surface area contributed by atoms with Crippen molar-refractivity contribution in [2.24, 2.45) is 0 Å². The van der Waals surface area contributed by atoms with Gasteiger partial charge in [-0.25, -0.2) is 9.97 Å². The summed E-state index contributed by atoms with van der Waals surface area (Å²) in [5.74, 6) is 3.30. The summed E-state index contributed by atoms with van der Waals surface area (Å²) in [7, 11) is 0. The lowest BCUT2D eigenvalue weighted by molar-refractivity contribution is 0.0996. The van der Waals surface area contributed by atoms with E-state index in [1.54, 1.807) is 4.90 Å². The Bertz CT molecular complexity index is 1280. The molecule has 0 N–H and O–H groups in total. The summed E-state index contributed by atoms with van der Waals surface area (Å²) in [5.41, 5.74) is 3.36. The van der Waals surface area contributed by atoms with E-state index in [1.165, 1.54) is 6.42 Å². The maximum absolute atomic E-state index is 13.5. The number of aryl methyl sites for hydroxylation is 2. The molecule has 170 valence electrons. The van der Waals surface area contributed by atoms with E-state index in [0.717, 1.165) is 65.8 Å². The fourth-order valence-corrected chi connectivity index (χ4v) is 5.56. The van der Waals surface area contributed by atoms with Crippen LogP contribution in [0.25, 0.3) is 11.5 Å². The van der Waals surface area contributed by atoms with Crippen molar-refractivity contribution in [3.05, 3.63) is 46.9 Å². The van der Waals surface area contributed by atoms with Crippen LogP contribution in [0, 0.1) is 6.92 Å². The minimum atomic E-state index is -0.0442. The highest BCUT2D eigenvalue weighted by Crippen LogP contribution is 2.36. The number of carbonyl (C=O) groups excluding carboxylic acids is 1. The third-order valence-electron chi connectivity index (χ3n) is 7.49. The minimum Gasteiger partial charge on any atom is -0.354 e. The highest BCUT2D eigenvalue weighted by molar-refractivity contribution is 6.10. The second kappa shape index (κ2) is 7.10. The van der Waals surface area contributed by atoms with Gasteiger partial charge >= 0.3 is 0 Å². The molecular formula is C25H29N7O. The monoisotopic (exact) mass is 443 g/mol. The van der Waals surface area contributed by atoms with E-state index in [-0.39, 0.29) is 11.4 Å². The molecule has 1 fully saturated rings. The molecule has 3 aliphatic rings. The highest BCUT2D eigenvalue weighted by atomic mass is 16.2. The molecule has 0 spiro atoms. The van der Waals surface area contributed by atoms with Crippen molar-refractivity contribution < 1.29 is 4.79 Å². The largest absolute Gasteiger partial charge is 0.354 e. The number of hydrogen-bond donors (Lipinski definition) is 0. The first-order chi connectivity index (χ1) is 15.8. The van der Waals surface area contributed by atoms with Gasteiger partial charge in [-0.05, 0) is 65.2 Å². The summed E-state index contributed by atoms with van der Waals surface area (Å²) < 4.78 is 2.19. The molecular weight excluding hydrogens is 414 g/mol. The van der Waals surface area contributed by atoms with Gasteiger partial charge in [-0.3, -0.25) is 9.69 Å². The molecule has 8 heteroatoms. The Morgan fingerprint density at radius 2 is 1.97 bits per heavy atom. The number of fused-ring (bicyclic) bond motifs is 2.